The molecular weight excluding hydrogens is 392 g/mol. The van der Waals surface area contributed by atoms with Crippen molar-refractivity contribution in [3.05, 3.63) is 82.3 Å². The molecule has 0 amide bonds. The van der Waals surface area contributed by atoms with Gasteiger partial charge in [0.2, 0.25) is 0 Å². The number of nitrogens with zero attached hydrogens (tertiary/aromatic N) is 3. The molecule has 1 fully saturated rings. The SMILES string of the molecule is C[C@@H]1CCc2ncnc(N3C[C@]4(CCNC4c4ccccc4)c4cc(Cl)ccc43)c21. The number of aryl methyl sites for hydroxylation is 1. The molecule has 6 rings (SSSR count). The van der Waals surface area contributed by atoms with Crippen LogP contribution in [-0.2, 0) is 11.8 Å². The first-order chi connectivity index (χ1) is 14.7. The molecule has 0 radical (unpaired) electrons. The van der Waals surface area contributed by atoms with E-state index in [0.717, 1.165) is 43.2 Å². The second-order valence-corrected chi connectivity index (χ2v) is 9.39. The highest BCUT2D eigenvalue weighted by atomic mass is 35.5. The maximum Gasteiger partial charge on any atom is 0.140 e. The van der Waals surface area contributed by atoms with Gasteiger partial charge in [0, 0.05) is 40.0 Å². The van der Waals surface area contributed by atoms with Crippen LogP contribution in [-0.4, -0.2) is 23.1 Å². The number of fused-ring (bicyclic) bond motifs is 3. The fourth-order valence-corrected chi connectivity index (χ4v) is 6.12. The van der Waals surface area contributed by atoms with Gasteiger partial charge in [-0.2, -0.15) is 0 Å². The molecule has 0 saturated carbocycles. The smallest absolute Gasteiger partial charge is 0.140 e. The van der Waals surface area contributed by atoms with Gasteiger partial charge in [-0.25, -0.2) is 9.97 Å². The van der Waals surface area contributed by atoms with Crippen LogP contribution in [0.1, 0.15) is 54.1 Å². The maximum atomic E-state index is 6.52. The quantitative estimate of drug-likeness (QED) is 0.615. The van der Waals surface area contributed by atoms with Crippen LogP contribution in [0.25, 0.3) is 0 Å². The molecule has 4 nitrogen and oxygen atoms in total. The second-order valence-electron chi connectivity index (χ2n) is 8.95. The van der Waals surface area contributed by atoms with Gasteiger partial charge in [-0.1, -0.05) is 48.9 Å². The van der Waals surface area contributed by atoms with Gasteiger partial charge in [-0.15, -0.1) is 0 Å². The van der Waals surface area contributed by atoms with Crippen LogP contribution >= 0.6 is 11.6 Å². The van der Waals surface area contributed by atoms with E-state index >= 15 is 0 Å². The minimum Gasteiger partial charge on any atom is -0.325 e. The van der Waals surface area contributed by atoms with Gasteiger partial charge in [-0.05, 0) is 61.1 Å². The summed E-state index contributed by atoms with van der Waals surface area (Å²) in [6.45, 7) is 4.21. The topological polar surface area (TPSA) is 41.1 Å². The molecule has 1 saturated heterocycles. The molecule has 1 spiro atoms. The summed E-state index contributed by atoms with van der Waals surface area (Å²) in [4.78, 5) is 11.9. The van der Waals surface area contributed by atoms with Crippen molar-refractivity contribution < 1.29 is 0 Å². The van der Waals surface area contributed by atoms with Gasteiger partial charge in [0.25, 0.3) is 0 Å². The van der Waals surface area contributed by atoms with Crippen LogP contribution < -0.4 is 10.2 Å². The van der Waals surface area contributed by atoms with Crippen LogP contribution in [0.2, 0.25) is 5.02 Å². The molecule has 1 aromatic heterocycles. The molecule has 152 valence electrons. The Balaban J connectivity index is 1.53. The third kappa shape index (κ3) is 2.57. The van der Waals surface area contributed by atoms with Gasteiger partial charge >= 0.3 is 0 Å². The zero-order valence-electron chi connectivity index (χ0n) is 17.1. The molecule has 3 aromatic rings. The normalized spacial score (nSPS) is 26.9. The lowest BCUT2D eigenvalue weighted by atomic mass is 9.73. The summed E-state index contributed by atoms with van der Waals surface area (Å²) < 4.78 is 0. The lowest BCUT2D eigenvalue weighted by Gasteiger charge is -2.33. The van der Waals surface area contributed by atoms with Gasteiger partial charge in [0.05, 0.1) is 0 Å². The number of anilines is 2. The van der Waals surface area contributed by atoms with E-state index in [9.17, 15) is 0 Å². The first kappa shape index (κ1) is 18.3. The third-order valence-corrected chi connectivity index (χ3v) is 7.57. The molecule has 3 aliphatic rings. The number of rotatable bonds is 2. The second kappa shape index (κ2) is 6.79. The Kier molecular flexibility index (Phi) is 4.15. The summed E-state index contributed by atoms with van der Waals surface area (Å²) in [5, 5.41) is 4.60. The first-order valence-corrected chi connectivity index (χ1v) is 11.2. The van der Waals surface area contributed by atoms with E-state index in [1.165, 1.54) is 28.1 Å². The van der Waals surface area contributed by atoms with Gasteiger partial charge in [0.15, 0.2) is 0 Å². The van der Waals surface area contributed by atoms with Gasteiger partial charge in [-0.3, -0.25) is 0 Å². The Bertz CT molecular complexity index is 1120. The van der Waals surface area contributed by atoms with Crippen molar-refractivity contribution in [2.24, 2.45) is 0 Å². The standard InChI is InChI=1S/C25H25ClN4/c1-16-7-9-20-22(16)24(29-15-28-20)30-14-25(19-13-18(26)8-10-21(19)30)11-12-27-23(25)17-5-3-2-4-6-17/h2-6,8,10,13,15-16,23,27H,7,9,11-12,14H2,1H3/t16-,23?,25-/m1/s1. The molecule has 1 unspecified atom stereocenters. The van der Waals surface area contributed by atoms with Crippen LogP contribution in [0.3, 0.4) is 0 Å². The average Bonchev–Trinajstić information content (AvgIpc) is 3.46. The van der Waals surface area contributed by atoms with Crippen molar-refractivity contribution in [3.8, 4) is 0 Å². The summed E-state index contributed by atoms with van der Waals surface area (Å²) in [6, 6.07) is 17.5. The van der Waals surface area contributed by atoms with Crippen LogP contribution in [0.4, 0.5) is 11.5 Å². The molecule has 2 aliphatic heterocycles. The Hall–Kier alpha value is -2.43. The first-order valence-electron chi connectivity index (χ1n) is 10.9. The van der Waals surface area contributed by atoms with E-state index in [1.807, 2.05) is 6.07 Å². The van der Waals surface area contributed by atoms with Gasteiger partial charge in [0.1, 0.15) is 12.1 Å². The highest BCUT2D eigenvalue weighted by Gasteiger charge is 2.52. The molecule has 3 heterocycles. The highest BCUT2D eigenvalue weighted by molar-refractivity contribution is 6.30. The predicted octanol–water partition coefficient (Wildman–Crippen LogP) is 5.30. The van der Waals surface area contributed by atoms with Gasteiger partial charge < -0.3 is 10.2 Å². The summed E-state index contributed by atoms with van der Waals surface area (Å²) in [5.41, 5.74) is 6.44. The predicted molar refractivity (Wildman–Crippen MR) is 121 cm³/mol. The van der Waals surface area contributed by atoms with Crippen LogP contribution in [0.15, 0.2) is 54.9 Å². The van der Waals surface area contributed by atoms with Crippen molar-refractivity contribution in [2.45, 2.75) is 43.6 Å². The monoisotopic (exact) mass is 416 g/mol. The highest BCUT2D eigenvalue weighted by Crippen LogP contribution is 2.55. The fraction of sp³-hybridized carbons (Fsp3) is 0.360. The Morgan fingerprint density at radius 1 is 1.13 bits per heavy atom. The fourth-order valence-electron chi connectivity index (χ4n) is 5.94. The molecule has 5 heteroatoms. The van der Waals surface area contributed by atoms with Crippen molar-refractivity contribution in [1.29, 1.82) is 0 Å². The van der Waals surface area contributed by atoms with Crippen LogP contribution in [0, 0.1) is 0 Å². The van der Waals surface area contributed by atoms with Crippen molar-refractivity contribution in [3.63, 3.8) is 0 Å². The molecular formula is C25H25ClN4. The molecule has 3 atom stereocenters. The third-order valence-electron chi connectivity index (χ3n) is 7.34. The van der Waals surface area contributed by atoms with Crippen LogP contribution in [0.5, 0.6) is 0 Å². The van der Waals surface area contributed by atoms with E-state index in [0.29, 0.717) is 5.92 Å². The molecule has 2 aromatic carbocycles. The Morgan fingerprint density at radius 2 is 2.00 bits per heavy atom. The summed E-state index contributed by atoms with van der Waals surface area (Å²) in [7, 11) is 0. The van der Waals surface area contributed by atoms with E-state index in [1.54, 1.807) is 6.33 Å². The summed E-state index contributed by atoms with van der Waals surface area (Å²) in [5.74, 6) is 1.58. The Labute approximate surface area is 182 Å². The Morgan fingerprint density at radius 3 is 2.87 bits per heavy atom. The van der Waals surface area contributed by atoms with Crippen molar-refractivity contribution in [2.75, 3.05) is 18.0 Å². The zero-order chi connectivity index (χ0) is 20.3. The minimum absolute atomic E-state index is 0.0265. The van der Waals surface area contributed by atoms with E-state index in [-0.39, 0.29) is 11.5 Å². The molecule has 30 heavy (non-hydrogen) atoms. The molecule has 0 bridgehead atoms. The largest absolute Gasteiger partial charge is 0.325 e. The summed E-state index contributed by atoms with van der Waals surface area (Å²) >= 11 is 6.52. The van der Waals surface area contributed by atoms with Crippen molar-refractivity contribution >= 4 is 23.1 Å². The summed E-state index contributed by atoms with van der Waals surface area (Å²) in [6.07, 6.45) is 5.03. The lowest BCUT2D eigenvalue weighted by molar-refractivity contribution is 0.404. The van der Waals surface area contributed by atoms with E-state index < -0.39 is 0 Å². The number of benzene rings is 2. The number of halogens is 1. The molecule has 1 aliphatic carbocycles. The number of hydrogen-bond acceptors (Lipinski definition) is 4. The number of nitrogens with one attached hydrogen (secondary N) is 1. The van der Waals surface area contributed by atoms with E-state index in [2.05, 4.69) is 64.6 Å². The average molecular weight is 417 g/mol. The van der Waals surface area contributed by atoms with E-state index in [4.69, 9.17) is 16.6 Å². The minimum atomic E-state index is -0.0265. The maximum absolute atomic E-state index is 6.52. The number of hydrogen-bond donors (Lipinski definition) is 1. The van der Waals surface area contributed by atoms with Crippen molar-refractivity contribution in [1.82, 2.24) is 15.3 Å². The lowest BCUT2D eigenvalue weighted by Crippen LogP contribution is -2.37. The molecule has 1 N–H and O–H groups in total. The zero-order valence-corrected chi connectivity index (χ0v) is 17.9. The number of aromatic nitrogens is 2.